The van der Waals surface area contributed by atoms with E-state index in [0.717, 1.165) is 22.9 Å². The van der Waals surface area contributed by atoms with Gasteiger partial charge in [0.15, 0.2) is 5.82 Å². The molecule has 0 fully saturated rings. The molecule has 1 heterocycles. The molecule has 3 aromatic rings. The zero-order chi connectivity index (χ0) is 15.0. The van der Waals surface area contributed by atoms with E-state index in [-0.39, 0.29) is 0 Å². The van der Waals surface area contributed by atoms with Crippen molar-refractivity contribution in [1.29, 1.82) is 0 Å². The van der Waals surface area contributed by atoms with Gasteiger partial charge in [0, 0.05) is 10.9 Å². The van der Waals surface area contributed by atoms with Gasteiger partial charge in [-0.05, 0) is 43.0 Å². The molecule has 2 nitrogen and oxygen atoms in total. The summed E-state index contributed by atoms with van der Waals surface area (Å²) in [6.45, 7) is 6.29. The van der Waals surface area contributed by atoms with Crippen LogP contribution in [-0.4, -0.2) is 9.97 Å². The molecule has 0 aliphatic heterocycles. The lowest BCUT2D eigenvalue weighted by Gasteiger charge is -2.11. The highest BCUT2D eigenvalue weighted by Gasteiger charge is 2.13. The first kappa shape index (κ1) is 14.0. The first-order valence-electron chi connectivity index (χ1n) is 7.13. The van der Waals surface area contributed by atoms with E-state index in [1.165, 1.54) is 16.7 Å². The lowest BCUT2D eigenvalue weighted by atomic mass is 10.0. The number of nitrogens with zero attached hydrogens (tertiary/aromatic N) is 2. The number of aromatic nitrogens is 2. The van der Waals surface area contributed by atoms with Crippen LogP contribution in [0.25, 0.3) is 22.3 Å². The third-order valence-electron chi connectivity index (χ3n) is 3.85. The second-order valence-corrected chi connectivity index (χ2v) is 5.63. The molecule has 0 bridgehead atoms. The molecule has 0 amide bonds. The molecule has 2 aromatic carbocycles. The average molecular weight is 297 g/mol. The van der Waals surface area contributed by atoms with Gasteiger partial charge in [0.1, 0.15) is 5.15 Å². The van der Waals surface area contributed by atoms with Gasteiger partial charge in [-0.1, -0.05) is 48.9 Å². The van der Waals surface area contributed by atoms with Crippen LogP contribution >= 0.6 is 11.6 Å². The molecule has 0 unspecified atom stereocenters. The van der Waals surface area contributed by atoms with Crippen LogP contribution in [0.1, 0.15) is 23.6 Å². The third kappa shape index (κ3) is 2.40. The number of hydrogen-bond donors (Lipinski definition) is 0. The molecule has 0 saturated heterocycles. The molecule has 0 spiro atoms. The number of aryl methyl sites for hydroxylation is 3. The van der Waals surface area contributed by atoms with Crippen molar-refractivity contribution in [3.8, 4) is 11.4 Å². The van der Waals surface area contributed by atoms with Gasteiger partial charge < -0.3 is 0 Å². The van der Waals surface area contributed by atoms with Gasteiger partial charge in [-0.15, -0.1) is 0 Å². The summed E-state index contributed by atoms with van der Waals surface area (Å²) in [5.74, 6) is 0.712. The van der Waals surface area contributed by atoms with E-state index in [0.29, 0.717) is 11.0 Å². The van der Waals surface area contributed by atoms with E-state index >= 15 is 0 Å². The van der Waals surface area contributed by atoms with Crippen LogP contribution in [0.2, 0.25) is 5.15 Å². The van der Waals surface area contributed by atoms with Crippen molar-refractivity contribution >= 4 is 22.5 Å². The summed E-state index contributed by atoms with van der Waals surface area (Å²) in [6.07, 6.45) is 0.927. The van der Waals surface area contributed by atoms with E-state index in [1.54, 1.807) is 0 Å². The van der Waals surface area contributed by atoms with Crippen LogP contribution in [-0.2, 0) is 6.42 Å². The quantitative estimate of drug-likeness (QED) is 0.613. The van der Waals surface area contributed by atoms with Crippen molar-refractivity contribution in [3.63, 3.8) is 0 Å². The van der Waals surface area contributed by atoms with E-state index < -0.39 is 0 Å². The number of rotatable bonds is 2. The molecular formula is C18H17ClN2. The summed E-state index contributed by atoms with van der Waals surface area (Å²) in [5.41, 5.74) is 5.56. The smallest absolute Gasteiger partial charge is 0.162 e. The minimum Gasteiger partial charge on any atom is -0.228 e. The summed E-state index contributed by atoms with van der Waals surface area (Å²) in [5, 5.41) is 1.44. The van der Waals surface area contributed by atoms with Gasteiger partial charge in [-0.2, -0.15) is 0 Å². The fourth-order valence-electron chi connectivity index (χ4n) is 2.74. The van der Waals surface area contributed by atoms with Gasteiger partial charge in [0.25, 0.3) is 0 Å². The summed E-state index contributed by atoms with van der Waals surface area (Å²) in [6, 6.07) is 12.3. The Balaban J connectivity index is 2.35. The molecular weight excluding hydrogens is 280 g/mol. The highest BCUT2D eigenvalue weighted by molar-refractivity contribution is 6.34. The minimum atomic E-state index is 0.521. The Hall–Kier alpha value is -1.93. The Labute approximate surface area is 129 Å². The predicted octanol–water partition coefficient (Wildman–Crippen LogP) is 5.13. The molecule has 0 aliphatic rings. The molecule has 21 heavy (non-hydrogen) atoms. The van der Waals surface area contributed by atoms with Crippen LogP contribution in [0.5, 0.6) is 0 Å². The monoisotopic (exact) mass is 296 g/mol. The minimum absolute atomic E-state index is 0.521. The van der Waals surface area contributed by atoms with Crippen LogP contribution < -0.4 is 0 Å². The summed E-state index contributed by atoms with van der Waals surface area (Å²) in [7, 11) is 0. The van der Waals surface area contributed by atoms with Crippen LogP contribution in [0.15, 0.2) is 36.4 Å². The van der Waals surface area contributed by atoms with Crippen molar-refractivity contribution in [2.45, 2.75) is 27.2 Å². The number of benzene rings is 2. The van der Waals surface area contributed by atoms with E-state index in [2.05, 4.69) is 44.0 Å². The molecule has 3 rings (SSSR count). The highest BCUT2D eigenvalue weighted by Crippen LogP contribution is 2.30. The van der Waals surface area contributed by atoms with Gasteiger partial charge in [0.2, 0.25) is 0 Å². The fraction of sp³-hybridized carbons (Fsp3) is 0.222. The summed E-state index contributed by atoms with van der Waals surface area (Å²) >= 11 is 6.39. The molecule has 0 N–H and O–H groups in total. The normalized spacial score (nSPS) is 11.0. The molecule has 0 atom stereocenters. The topological polar surface area (TPSA) is 25.8 Å². The lowest BCUT2D eigenvalue weighted by molar-refractivity contribution is 1.13. The lowest BCUT2D eigenvalue weighted by Crippen LogP contribution is -1.98. The molecule has 0 radical (unpaired) electrons. The van der Waals surface area contributed by atoms with Crippen LogP contribution in [0, 0.1) is 13.8 Å². The first-order valence-corrected chi connectivity index (χ1v) is 7.51. The molecule has 106 valence electrons. The van der Waals surface area contributed by atoms with Gasteiger partial charge in [-0.25, -0.2) is 9.97 Å². The fourth-order valence-corrected chi connectivity index (χ4v) is 2.97. The number of hydrogen-bond acceptors (Lipinski definition) is 2. The van der Waals surface area contributed by atoms with E-state index in [1.807, 2.05) is 18.2 Å². The summed E-state index contributed by atoms with van der Waals surface area (Å²) < 4.78 is 0. The van der Waals surface area contributed by atoms with Gasteiger partial charge in [0.05, 0.1) is 5.52 Å². The number of fused-ring (bicyclic) bond motifs is 1. The third-order valence-corrected chi connectivity index (χ3v) is 4.14. The second kappa shape index (κ2) is 5.45. The average Bonchev–Trinajstić information content (AvgIpc) is 2.46. The number of para-hydroxylation sites is 1. The SMILES string of the molecule is CCc1cccc2c(Cl)nc(-c3c(C)cccc3C)nc12. The Morgan fingerprint density at radius 1 is 0.952 bits per heavy atom. The zero-order valence-corrected chi connectivity index (χ0v) is 13.2. The van der Waals surface area contributed by atoms with E-state index in [9.17, 15) is 0 Å². The zero-order valence-electron chi connectivity index (χ0n) is 12.4. The molecule has 0 aliphatic carbocycles. The first-order chi connectivity index (χ1) is 10.1. The predicted molar refractivity (Wildman–Crippen MR) is 88.8 cm³/mol. The maximum Gasteiger partial charge on any atom is 0.162 e. The molecule has 3 heteroatoms. The van der Waals surface area contributed by atoms with Gasteiger partial charge >= 0.3 is 0 Å². The number of halogens is 1. The van der Waals surface area contributed by atoms with Crippen molar-refractivity contribution in [3.05, 3.63) is 58.2 Å². The maximum absolute atomic E-state index is 6.39. The van der Waals surface area contributed by atoms with Crippen molar-refractivity contribution in [1.82, 2.24) is 9.97 Å². The van der Waals surface area contributed by atoms with Crippen molar-refractivity contribution in [2.75, 3.05) is 0 Å². The Morgan fingerprint density at radius 2 is 1.62 bits per heavy atom. The Morgan fingerprint density at radius 3 is 2.29 bits per heavy atom. The highest BCUT2D eigenvalue weighted by atomic mass is 35.5. The van der Waals surface area contributed by atoms with Gasteiger partial charge in [-0.3, -0.25) is 0 Å². The van der Waals surface area contributed by atoms with E-state index in [4.69, 9.17) is 16.6 Å². The largest absolute Gasteiger partial charge is 0.228 e. The standard InChI is InChI=1S/C18H17ClN2/c1-4-13-9-6-10-14-16(13)20-18(21-17(14)19)15-11(2)7-5-8-12(15)3/h5-10H,4H2,1-3H3. The summed E-state index contributed by atoms with van der Waals surface area (Å²) in [4.78, 5) is 9.33. The second-order valence-electron chi connectivity index (χ2n) is 5.27. The van der Waals surface area contributed by atoms with Crippen molar-refractivity contribution in [2.24, 2.45) is 0 Å². The Kier molecular flexibility index (Phi) is 3.64. The van der Waals surface area contributed by atoms with Crippen LogP contribution in [0.3, 0.4) is 0 Å². The van der Waals surface area contributed by atoms with Crippen LogP contribution in [0.4, 0.5) is 0 Å². The molecule has 0 saturated carbocycles. The van der Waals surface area contributed by atoms with Crippen molar-refractivity contribution < 1.29 is 0 Å². The Bertz CT molecular complexity index is 805. The molecule has 1 aromatic heterocycles. The maximum atomic E-state index is 6.39.